The SMILES string of the molecule is C/C=C\C1=C(C)CCC[C@]12COc1ccc3cc1N(C[C@@H]1CC[C@H]1C/C=C/CCCS(=O)(=O)NC3=O)C2. The lowest BCUT2D eigenvalue weighted by atomic mass is 9.68. The molecule has 200 valence electrons. The molecule has 1 amide bonds. The molecule has 0 unspecified atom stereocenters. The quantitative estimate of drug-likeness (QED) is 0.472. The summed E-state index contributed by atoms with van der Waals surface area (Å²) < 4.78 is 33.9. The van der Waals surface area contributed by atoms with Gasteiger partial charge < -0.3 is 9.64 Å². The van der Waals surface area contributed by atoms with Crippen molar-refractivity contribution in [3.8, 4) is 5.75 Å². The molecule has 6 nitrogen and oxygen atoms in total. The number of amides is 1. The number of carbonyl (C=O) groups excluding carboxylic acids is 1. The number of nitrogens with zero attached hydrogens (tertiary/aromatic N) is 1. The number of rotatable bonds is 1. The van der Waals surface area contributed by atoms with Gasteiger partial charge in [-0.3, -0.25) is 4.79 Å². The van der Waals surface area contributed by atoms with Crippen LogP contribution in [0.5, 0.6) is 5.75 Å². The summed E-state index contributed by atoms with van der Waals surface area (Å²) in [5.74, 6) is 1.38. The van der Waals surface area contributed by atoms with E-state index >= 15 is 0 Å². The maximum absolute atomic E-state index is 13.0. The Kier molecular flexibility index (Phi) is 7.53. The second-order valence-electron chi connectivity index (χ2n) is 11.4. The molecule has 3 atom stereocenters. The van der Waals surface area contributed by atoms with E-state index in [9.17, 15) is 13.2 Å². The Morgan fingerprint density at radius 3 is 2.78 bits per heavy atom. The fourth-order valence-electron chi connectivity index (χ4n) is 6.62. The zero-order chi connectivity index (χ0) is 26.0. The Labute approximate surface area is 221 Å². The van der Waals surface area contributed by atoms with Crippen LogP contribution in [0.3, 0.4) is 0 Å². The lowest BCUT2D eigenvalue weighted by Gasteiger charge is -2.44. The lowest BCUT2D eigenvalue weighted by molar-refractivity contribution is 0.0981. The van der Waals surface area contributed by atoms with E-state index < -0.39 is 15.9 Å². The van der Waals surface area contributed by atoms with Crippen LogP contribution in [0.2, 0.25) is 0 Å². The van der Waals surface area contributed by atoms with Crippen molar-refractivity contribution in [1.29, 1.82) is 0 Å². The molecule has 2 aliphatic heterocycles. The Balaban J connectivity index is 1.56. The number of hydrogen-bond acceptors (Lipinski definition) is 5. The average Bonchev–Trinajstić information content (AvgIpc) is 3.00. The van der Waals surface area contributed by atoms with Crippen molar-refractivity contribution in [3.05, 3.63) is 59.2 Å². The van der Waals surface area contributed by atoms with Crippen LogP contribution in [0.1, 0.15) is 75.6 Å². The van der Waals surface area contributed by atoms with Crippen molar-refractivity contribution in [2.75, 3.05) is 30.3 Å². The largest absolute Gasteiger partial charge is 0.490 e. The first-order chi connectivity index (χ1) is 17.8. The molecule has 2 aliphatic carbocycles. The molecule has 1 N–H and O–H groups in total. The molecule has 0 aromatic heterocycles. The van der Waals surface area contributed by atoms with Gasteiger partial charge in [0.1, 0.15) is 5.75 Å². The number of sulfonamides is 1. The van der Waals surface area contributed by atoms with Crippen LogP contribution in [-0.2, 0) is 10.0 Å². The molecule has 0 saturated heterocycles. The van der Waals surface area contributed by atoms with Gasteiger partial charge in [0.15, 0.2) is 0 Å². The van der Waals surface area contributed by atoms with Gasteiger partial charge in [0.2, 0.25) is 10.0 Å². The Hall–Kier alpha value is -2.54. The van der Waals surface area contributed by atoms with Crippen LogP contribution in [0.4, 0.5) is 5.69 Å². The first kappa shape index (κ1) is 26.1. The third-order valence-electron chi connectivity index (χ3n) is 8.80. The molecule has 5 rings (SSSR count). The molecular formula is C30H40N2O4S. The monoisotopic (exact) mass is 524 g/mol. The summed E-state index contributed by atoms with van der Waals surface area (Å²) in [6.07, 6.45) is 16.8. The Bertz CT molecular complexity index is 1230. The van der Waals surface area contributed by atoms with E-state index in [1.54, 1.807) is 6.07 Å². The van der Waals surface area contributed by atoms with Crippen LogP contribution in [0, 0.1) is 17.3 Å². The standard InChI is InChI=1S/C30H40N2O4S/c1-3-9-26-22(2)10-8-16-30(26)20-32-19-25-13-12-23(25)11-6-4-5-7-17-37(34,35)31-29(33)24-14-15-28(36-21-30)27(32)18-24/h3-4,6,9,14-15,18,23,25H,5,7-8,10-13,16-17,19-21H2,1-2H3,(H,31,33)/b6-4+,9-3-/t23-,25+,30+/m1/s1. The molecule has 1 spiro atoms. The topological polar surface area (TPSA) is 75.7 Å². The van der Waals surface area contributed by atoms with Crippen molar-refractivity contribution >= 4 is 21.6 Å². The fourth-order valence-corrected chi connectivity index (χ4v) is 7.67. The van der Waals surface area contributed by atoms with Gasteiger partial charge in [-0.25, -0.2) is 13.1 Å². The fraction of sp³-hybridized carbons (Fsp3) is 0.567. The highest BCUT2D eigenvalue weighted by molar-refractivity contribution is 7.90. The summed E-state index contributed by atoms with van der Waals surface area (Å²) in [5, 5.41) is 0. The number of anilines is 1. The van der Waals surface area contributed by atoms with Crippen molar-refractivity contribution in [2.24, 2.45) is 17.3 Å². The van der Waals surface area contributed by atoms with Crippen molar-refractivity contribution in [1.82, 2.24) is 4.72 Å². The summed E-state index contributed by atoms with van der Waals surface area (Å²) in [7, 11) is -3.69. The number of hydrogen-bond donors (Lipinski definition) is 1. The molecule has 0 radical (unpaired) electrons. The van der Waals surface area contributed by atoms with E-state index in [2.05, 4.69) is 47.8 Å². The minimum absolute atomic E-state index is 0.0583. The van der Waals surface area contributed by atoms with Gasteiger partial charge in [-0.15, -0.1) is 0 Å². The normalized spacial score (nSPS) is 31.2. The minimum atomic E-state index is -3.69. The third-order valence-corrected chi connectivity index (χ3v) is 10.1. The van der Waals surface area contributed by atoms with E-state index in [1.807, 2.05) is 12.1 Å². The van der Waals surface area contributed by atoms with Crippen molar-refractivity contribution in [3.63, 3.8) is 0 Å². The van der Waals surface area contributed by atoms with Gasteiger partial charge in [-0.1, -0.05) is 29.9 Å². The minimum Gasteiger partial charge on any atom is -0.490 e. The molecule has 7 heteroatoms. The van der Waals surface area contributed by atoms with Crippen molar-refractivity contribution < 1.29 is 17.9 Å². The third kappa shape index (κ3) is 5.52. The molecule has 37 heavy (non-hydrogen) atoms. The van der Waals surface area contributed by atoms with Crippen LogP contribution >= 0.6 is 0 Å². The van der Waals surface area contributed by atoms with Gasteiger partial charge >= 0.3 is 0 Å². The smallest absolute Gasteiger partial charge is 0.264 e. The number of carbonyl (C=O) groups is 1. The summed E-state index contributed by atoms with van der Waals surface area (Å²) in [4.78, 5) is 15.5. The maximum Gasteiger partial charge on any atom is 0.264 e. The number of nitrogens with one attached hydrogen (secondary N) is 1. The zero-order valence-electron chi connectivity index (χ0n) is 22.2. The number of fused-ring (bicyclic) bond motifs is 2. The number of ether oxygens (including phenoxy) is 1. The van der Waals surface area contributed by atoms with Crippen LogP contribution < -0.4 is 14.4 Å². The molecule has 1 aromatic carbocycles. The van der Waals surface area contributed by atoms with E-state index in [0.717, 1.165) is 50.2 Å². The zero-order valence-corrected chi connectivity index (χ0v) is 23.0. The Morgan fingerprint density at radius 1 is 1.16 bits per heavy atom. The van der Waals surface area contributed by atoms with Gasteiger partial charge in [-0.2, -0.15) is 0 Å². The van der Waals surface area contributed by atoms with E-state index in [4.69, 9.17) is 4.74 Å². The molecular weight excluding hydrogens is 484 g/mol. The average molecular weight is 525 g/mol. The summed E-state index contributed by atoms with van der Waals surface area (Å²) in [5.41, 5.74) is 3.97. The maximum atomic E-state index is 13.0. The Morgan fingerprint density at radius 2 is 2.00 bits per heavy atom. The first-order valence-electron chi connectivity index (χ1n) is 13.8. The highest BCUT2D eigenvalue weighted by Crippen LogP contribution is 2.48. The predicted octanol–water partition coefficient (Wildman–Crippen LogP) is 5.77. The second-order valence-corrected chi connectivity index (χ2v) is 13.2. The summed E-state index contributed by atoms with van der Waals surface area (Å²) >= 11 is 0. The van der Waals surface area contributed by atoms with Gasteiger partial charge in [0, 0.05) is 24.1 Å². The van der Waals surface area contributed by atoms with E-state index in [1.165, 1.54) is 24.0 Å². The van der Waals surface area contributed by atoms with Gasteiger partial charge in [0.25, 0.3) is 5.91 Å². The highest BCUT2D eigenvalue weighted by Gasteiger charge is 2.43. The molecule has 2 heterocycles. The lowest BCUT2D eigenvalue weighted by Crippen LogP contribution is -2.46. The van der Waals surface area contributed by atoms with Crippen molar-refractivity contribution in [2.45, 2.75) is 65.2 Å². The molecule has 1 aromatic rings. The first-order valence-corrected chi connectivity index (χ1v) is 15.5. The summed E-state index contributed by atoms with van der Waals surface area (Å²) in [6.45, 7) is 6.68. The predicted molar refractivity (Wildman–Crippen MR) is 148 cm³/mol. The van der Waals surface area contributed by atoms with E-state index in [-0.39, 0.29) is 11.2 Å². The van der Waals surface area contributed by atoms with Gasteiger partial charge in [0.05, 0.1) is 18.0 Å². The highest BCUT2D eigenvalue weighted by atomic mass is 32.2. The number of allylic oxidation sites excluding steroid dienone is 5. The molecule has 1 saturated carbocycles. The van der Waals surface area contributed by atoms with E-state index in [0.29, 0.717) is 36.8 Å². The van der Waals surface area contributed by atoms with Gasteiger partial charge in [-0.05, 0) is 101 Å². The molecule has 1 fully saturated rings. The van der Waals surface area contributed by atoms with Crippen LogP contribution in [0.25, 0.3) is 0 Å². The van der Waals surface area contributed by atoms with Crippen LogP contribution in [0.15, 0.2) is 53.6 Å². The summed E-state index contributed by atoms with van der Waals surface area (Å²) in [6, 6.07) is 5.38. The second kappa shape index (κ2) is 10.7. The number of benzene rings is 1. The molecule has 2 bridgehead atoms. The van der Waals surface area contributed by atoms with Crippen LogP contribution in [-0.4, -0.2) is 39.8 Å². The molecule has 4 aliphatic rings.